The summed E-state index contributed by atoms with van der Waals surface area (Å²) in [5, 5.41) is 14.1. The topological polar surface area (TPSA) is 87.6 Å². The third kappa shape index (κ3) is 3.47. The zero-order valence-electron chi connectivity index (χ0n) is 17.8. The van der Waals surface area contributed by atoms with Gasteiger partial charge in [-0.05, 0) is 67.6 Å². The fourth-order valence-corrected chi connectivity index (χ4v) is 6.84. The van der Waals surface area contributed by atoms with Gasteiger partial charge in [0.05, 0.1) is 12.1 Å². The number of aromatic nitrogens is 2. The molecular formula is C23H27ClN4O3S. The lowest BCUT2D eigenvalue weighted by Gasteiger charge is -2.41. The number of rotatable bonds is 5. The molecule has 2 aliphatic carbocycles. The lowest BCUT2D eigenvalue weighted by molar-refractivity contribution is 0.143. The van der Waals surface area contributed by atoms with Crippen molar-refractivity contribution in [3.05, 3.63) is 34.9 Å². The van der Waals surface area contributed by atoms with Gasteiger partial charge in [0.15, 0.2) is 11.8 Å². The lowest BCUT2D eigenvalue weighted by atomic mass is 9.77. The van der Waals surface area contributed by atoms with Crippen LogP contribution in [-0.4, -0.2) is 50.5 Å². The molecule has 2 aromatic rings. The minimum atomic E-state index is -1.29. The summed E-state index contributed by atoms with van der Waals surface area (Å²) in [4.78, 5) is 12.2. The van der Waals surface area contributed by atoms with E-state index in [1.807, 2.05) is 12.1 Å². The number of nitrogens with one attached hydrogen (secondary N) is 1. The first-order valence-corrected chi connectivity index (χ1v) is 13.1. The van der Waals surface area contributed by atoms with Crippen molar-refractivity contribution < 1.29 is 14.1 Å². The van der Waals surface area contributed by atoms with Gasteiger partial charge in [-0.2, -0.15) is 9.97 Å². The number of aliphatic hydroxyl groups is 1. The summed E-state index contributed by atoms with van der Waals surface area (Å²) in [6, 6.07) is 8.27. The molecular weight excluding hydrogens is 448 g/mol. The fourth-order valence-electron chi connectivity index (χ4n) is 5.76. The molecule has 1 aromatic heterocycles. The molecule has 3 heterocycles. The van der Waals surface area contributed by atoms with Gasteiger partial charge in [0, 0.05) is 18.1 Å². The predicted octanol–water partition coefficient (Wildman–Crippen LogP) is 3.54. The molecule has 0 spiro atoms. The van der Waals surface area contributed by atoms with Crippen molar-refractivity contribution in [2.75, 3.05) is 35.9 Å². The quantitative estimate of drug-likeness (QED) is 0.685. The second kappa shape index (κ2) is 7.85. The number of nitrogens with zero attached hydrogens (tertiary/aromatic N) is 3. The summed E-state index contributed by atoms with van der Waals surface area (Å²) in [6.07, 6.45) is 5.15. The van der Waals surface area contributed by atoms with Gasteiger partial charge < -0.3 is 20.1 Å². The predicted molar refractivity (Wildman–Crippen MR) is 124 cm³/mol. The Kier molecular flexibility index (Phi) is 5.08. The first-order valence-electron chi connectivity index (χ1n) is 11.4. The molecule has 32 heavy (non-hydrogen) atoms. The number of benzene rings is 1. The molecule has 2 unspecified atom stereocenters. The number of anilines is 2. The zero-order chi connectivity index (χ0) is 21.9. The lowest BCUT2D eigenvalue weighted by Crippen LogP contribution is -2.48. The van der Waals surface area contributed by atoms with Crippen LogP contribution in [0.3, 0.4) is 0 Å². The molecule has 2 N–H and O–H groups in total. The van der Waals surface area contributed by atoms with Gasteiger partial charge >= 0.3 is 0 Å². The van der Waals surface area contributed by atoms with Crippen molar-refractivity contribution in [3.63, 3.8) is 0 Å². The molecule has 3 atom stereocenters. The Morgan fingerprint density at radius 3 is 2.53 bits per heavy atom. The molecule has 0 bridgehead atoms. The Balaban J connectivity index is 1.22. The van der Waals surface area contributed by atoms with Crippen LogP contribution < -0.4 is 15.0 Å². The van der Waals surface area contributed by atoms with E-state index in [2.05, 4.69) is 27.3 Å². The molecule has 6 rings (SSSR count). The minimum Gasteiger partial charge on any atom is -0.463 e. The highest BCUT2D eigenvalue weighted by Gasteiger charge is 2.43. The Hall–Kier alpha value is -1.90. The van der Waals surface area contributed by atoms with E-state index in [9.17, 15) is 9.32 Å². The van der Waals surface area contributed by atoms with Crippen molar-refractivity contribution in [3.8, 4) is 5.88 Å². The summed E-state index contributed by atoms with van der Waals surface area (Å²) in [5.74, 6) is 3.52. The molecule has 0 amide bonds. The van der Waals surface area contributed by atoms with Crippen LogP contribution in [0.1, 0.15) is 43.6 Å². The normalized spacial score (nSPS) is 29.9. The smallest absolute Gasteiger partial charge is 0.238 e. The molecule has 2 aliphatic heterocycles. The SMILES string of the molecule is O=[S@]1COc2nc(N3CC4CC(c5ccc(Cl)cc5)CC4C3)nc(NC3(CO)CCC3)c21. The number of fused-ring (bicyclic) bond motifs is 2. The van der Waals surface area contributed by atoms with E-state index in [4.69, 9.17) is 21.3 Å². The van der Waals surface area contributed by atoms with Crippen molar-refractivity contribution in [2.24, 2.45) is 11.8 Å². The van der Waals surface area contributed by atoms with Crippen LogP contribution in [0.2, 0.25) is 5.02 Å². The van der Waals surface area contributed by atoms with Crippen LogP contribution in [0, 0.1) is 11.8 Å². The number of halogens is 1. The summed E-state index contributed by atoms with van der Waals surface area (Å²) in [6.45, 7) is 1.87. The standard InChI is InChI=1S/C23H27ClN4O3S/c24-18-4-2-14(3-5-18)15-8-16-10-28(11-17(16)9-15)22-25-20(27-23(12-29)6-1-7-23)19-21(26-22)31-13-32(19)30/h2-5,15-17,29H,1,6-13H2,(H,25,26,27)/t15?,16?,17?,32-/m0/s1. The average molecular weight is 475 g/mol. The Labute approximate surface area is 195 Å². The Bertz CT molecular complexity index is 1040. The van der Waals surface area contributed by atoms with Gasteiger partial charge in [-0.15, -0.1) is 0 Å². The van der Waals surface area contributed by atoms with E-state index in [1.54, 1.807) is 0 Å². The molecule has 3 fully saturated rings. The first kappa shape index (κ1) is 20.7. The van der Waals surface area contributed by atoms with E-state index in [0.29, 0.717) is 40.3 Å². The number of hydrogen-bond acceptors (Lipinski definition) is 7. The van der Waals surface area contributed by atoms with Crippen molar-refractivity contribution >= 4 is 34.2 Å². The maximum absolute atomic E-state index is 12.5. The Morgan fingerprint density at radius 2 is 1.91 bits per heavy atom. The second-order valence-corrected chi connectivity index (χ2v) is 11.4. The molecule has 4 aliphatic rings. The molecule has 9 heteroatoms. The molecule has 170 valence electrons. The van der Waals surface area contributed by atoms with E-state index in [0.717, 1.165) is 50.2 Å². The maximum Gasteiger partial charge on any atom is 0.238 e. The third-order valence-corrected chi connectivity index (χ3v) is 9.13. The van der Waals surface area contributed by atoms with E-state index in [-0.39, 0.29) is 18.1 Å². The molecule has 2 saturated carbocycles. The average Bonchev–Trinajstić information content (AvgIpc) is 3.44. The van der Waals surface area contributed by atoms with Crippen LogP contribution >= 0.6 is 11.6 Å². The van der Waals surface area contributed by atoms with Crippen LogP contribution in [0.25, 0.3) is 0 Å². The number of ether oxygens (including phenoxy) is 1. The largest absolute Gasteiger partial charge is 0.463 e. The van der Waals surface area contributed by atoms with Gasteiger partial charge in [-0.1, -0.05) is 23.7 Å². The summed E-state index contributed by atoms with van der Waals surface area (Å²) >= 11 is 6.06. The van der Waals surface area contributed by atoms with Crippen LogP contribution in [-0.2, 0) is 10.8 Å². The summed E-state index contributed by atoms with van der Waals surface area (Å²) in [5.41, 5.74) is 1.00. The molecule has 7 nitrogen and oxygen atoms in total. The highest BCUT2D eigenvalue weighted by molar-refractivity contribution is 7.85. The highest BCUT2D eigenvalue weighted by Crippen LogP contribution is 2.48. The van der Waals surface area contributed by atoms with Gasteiger partial charge in [-0.25, -0.2) is 0 Å². The molecule has 0 radical (unpaired) electrons. The molecule has 1 saturated heterocycles. The fraction of sp³-hybridized carbons (Fsp3) is 0.565. The van der Waals surface area contributed by atoms with Crippen LogP contribution in [0.15, 0.2) is 29.2 Å². The Morgan fingerprint density at radius 1 is 1.19 bits per heavy atom. The first-order chi connectivity index (χ1) is 15.5. The van der Waals surface area contributed by atoms with Gasteiger partial charge in [-0.3, -0.25) is 4.21 Å². The van der Waals surface area contributed by atoms with Gasteiger partial charge in [0.25, 0.3) is 0 Å². The third-order valence-electron chi connectivity index (χ3n) is 7.73. The van der Waals surface area contributed by atoms with Crippen LogP contribution in [0.4, 0.5) is 11.8 Å². The number of aliphatic hydroxyl groups excluding tert-OH is 1. The molecule has 1 aromatic carbocycles. The zero-order valence-corrected chi connectivity index (χ0v) is 19.4. The minimum absolute atomic E-state index is 0.0363. The van der Waals surface area contributed by atoms with E-state index >= 15 is 0 Å². The van der Waals surface area contributed by atoms with Crippen molar-refractivity contribution in [1.29, 1.82) is 0 Å². The monoisotopic (exact) mass is 474 g/mol. The summed E-state index contributed by atoms with van der Waals surface area (Å²) in [7, 11) is -1.29. The van der Waals surface area contributed by atoms with E-state index < -0.39 is 10.8 Å². The van der Waals surface area contributed by atoms with Gasteiger partial charge in [0.1, 0.15) is 15.7 Å². The maximum atomic E-state index is 12.5. The number of hydrogen-bond donors (Lipinski definition) is 2. The highest BCUT2D eigenvalue weighted by atomic mass is 35.5. The van der Waals surface area contributed by atoms with Crippen LogP contribution in [0.5, 0.6) is 5.88 Å². The summed E-state index contributed by atoms with van der Waals surface area (Å²) < 4.78 is 18.2. The van der Waals surface area contributed by atoms with E-state index in [1.165, 1.54) is 5.56 Å². The van der Waals surface area contributed by atoms with Crippen molar-refractivity contribution in [1.82, 2.24) is 9.97 Å². The van der Waals surface area contributed by atoms with Crippen molar-refractivity contribution in [2.45, 2.75) is 48.5 Å². The van der Waals surface area contributed by atoms with Gasteiger partial charge in [0.2, 0.25) is 11.8 Å². The second-order valence-electron chi connectivity index (χ2n) is 9.68.